The second kappa shape index (κ2) is 5.13. The zero-order chi connectivity index (χ0) is 10.7. The van der Waals surface area contributed by atoms with E-state index < -0.39 is 0 Å². The van der Waals surface area contributed by atoms with Gasteiger partial charge >= 0.3 is 0 Å². The van der Waals surface area contributed by atoms with E-state index in [9.17, 15) is 0 Å². The van der Waals surface area contributed by atoms with Crippen molar-refractivity contribution in [3.05, 3.63) is 34.3 Å². The molecule has 0 heterocycles. The van der Waals surface area contributed by atoms with Crippen LogP contribution >= 0.6 is 15.9 Å². The number of rotatable bonds is 2. The zero-order valence-corrected chi connectivity index (χ0v) is 10.5. The zero-order valence-electron chi connectivity index (χ0n) is 8.95. The van der Waals surface area contributed by atoms with Crippen LogP contribution in [0.2, 0.25) is 0 Å². The molecule has 0 aliphatic heterocycles. The highest BCUT2D eigenvalue weighted by atomic mass is 79.9. The van der Waals surface area contributed by atoms with Crippen LogP contribution in [0.1, 0.15) is 37.2 Å². The summed E-state index contributed by atoms with van der Waals surface area (Å²) in [6.45, 7) is 0.825. The van der Waals surface area contributed by atoms with Gasteiger partial charge in [-0.15, -0.1) is 0 Å². The Balaban J connectivity index is 2.24. The Hall–Kier alpha value is -0.340. The lowest BCUT2D eigenvalue weighted by Gasteiger charge is -2.31. The molecule has 1 aromatic rings. The minimum absolute atomic E-state index is 0.666. The van der Waals surface area contributed by atoms with Crippen molar-refractivity contribution < 1.29 is 0 Å². The normalized spacial score (nSPS) is 26.5. The van der Waals surface area contributed by atoms with E-state index in [0.717, 1.165) is 6.54 Å². The van der Waals surface area contributed by atoms with Gasteiger partial charge in [-0.2, -0.15) is 0 Å². The maximum absolute atomic E-state index is 5.87. The van der Waals surface area contributed by atoms with Crippen LogP contribution in [-0.4, -0.2) is 6.54 Å². The molecule has 1 aromatic carbocycles. The van der Waals surface area contributed by atoms with Crippen LogP contribution in [0.15, 0.2) is 28.7 Å². The van der Waals surface area contributed by atoms with Crippen LogP contribution in [-0.2, 0) is 0 Å². The molecule has 1 aliphatic carbocycles. The first-order valence-electron chi connectivity index (χ1n) is 5.77. The van der Waals surface area contributed by atoms with Crippen LogP contribution in [0.4, 0.5) is 0 Å². The Bertz CT molecular complexity index is 324. The van der Waals surface area contributed by atoms with Crippen LogP contribution in [0.3, 0.4) is 0 Å². The molecule has 0 spiro atoms. The van der Waals surface area contributed by atoms with Crippen LogP contribution in [0, 0.1) is 5.92 Å². The van der Waals surface area contributed by atoms with Gasteiger partial charge in [0.15, 0.2) is 0 Å². The molecular formula is C13H18BrN. The Morgan fingerprint density at radius 3 is 2.67 bits per heavy atom. The Morgan fingerprint density at radius 1 is 1.20 bits per heavy atom. The maximum atomic E-state index is 5.87. The van der Waals surface area contributed by atoms with E-state index in [4.69, 9.17) is 5.73 Å². The molecule has 2 unspecified atom stereocenters. The smallest absolute Gasteiger partial charge is 0.0210 e. The van der Waals surface area contributed by atoms with E-state index >= 15 is 0 Å². The van der Waals surface area contributed by atoms with Crippen molar-refractivity contribution in [3.8, 4) is 0 Å². The lowest BCUT2D eigenvalue weighted by atomic mass is 9.75. The van der Waals surface area contributed by atoms with Crippen LogP contribution in [0.5, 0.6) is 0 Å². The van der Waals surface area contributed by atoms with Gasteiger partial charge in [-0.1, -0.05) is 47.0 Å². The Morgan fingerprint density at radius 2 is 1.93 bits per heavy atom. The SMILES string of the molecule is NCC1CCCCC1c1ccccc1Br. The predicted octanol–water partition coefficient (Wildman–Crippen LogP) is 3.68. The molecule has 2 rings (SSSR count). The molecule has 1 nitrogen and oxygen atoms in total. The first-order chi connectivity index (χ1) is 7.33. The molecular weight excluding hydrogens is 250 g/mol. The van der Waals surface area contributed by atoms with E-state index in [2.05, 4.69) is 40.2 Å². The topological polar surface area (TPSA) is 26.0 Å². The van der Waals surface area contributed by atoms with Crippen LogP contribution < -0.4 is 5.73 Å². The quantitative estimate of drug-likeness (QED) is 0.869. The number of nitrogens with two attached hydrogens (primary N) is 1. The average Bonchev–Trinajstić information content (AvgIpc) is 2.30. The summed E-state index contributed by atoms with van der Waals surface area (Å²) in [6.07, 6.45) is 5.29. The van der Waals surface area contributed by atoms with Crippen molar-refractivity contribution in [3.63, 3.8) is 0 Å². The van der Waals surface area contributed by atoms with Gasteiger partial charge in [0, 0.05) is 4.47 Å². The highest BCUT2D eigenvalue weighted by molar-refractivity contribution is 9.10. The molecule has 2 atom stereocenters. The lowest BCUT2D eigenvalue weighted by molar-refractivity contribution is 0.313. The third-order valence-corrected chi connectivity index (χ3v) is 4.24. The van der Waals surface area contributed by atoms with Crippen molar-refractivity contribution in [1.29, 1.82) is 0 Å². The molecule has 15 heavy (non-hydrogen) atoms. The first-order valence-corrected chi connectivity index (χ1v) is 6.56. The van der Waals surface area contributed by atoms with E-state index in [1.54, 1.807) is 0 Å². The molecule has 2 heteroatoms. The predicted molar refractivity (Wildman–Crippen MR) is 67.9 cm³/mol. The number of halogens is 1. The molecule has 0 aromatic heterocycles. The van der Waals surface area contributed by atoms with E-state index in [-0.39, 0.29) is 0 Å². The third kappa shape index (κ3) is 2.43. The third-order valence-electron chi connectivity index (χ3n) is 3.52. The summed E-state index contributed by atoms with van der Waals surface area (Å²) in [5.41, 5.74) is 7.32. The standard InChI is InChI=1S/C13H18BrN/c14-13-8-4-3-7-12(13)11-6-2-1-5-10(11)9-15/h3-4,7-8,10-11H,1-2,5-6,9,15H2. The van der Waals surface area contributed by atoms with E-state index in [0.29, 0.717) is 11.8 Å². The summed E-state index contributed by atoms with van der Waals surface area (Å²) in [5, 5.41) is 0. The van der Waals surface area contributed by atoms with Gasteiger partial charge in [-0.3, -0.25) is 0 Å². The van der Waals surface area contributed by atoms with Gasteiger partial charge in [0.2, 0.25) is 0 Å². The van der Waals surface area contributed by atoms with Crippen molar-refractivity contribution in [2.24, 2.45) is 11.7 Å². The van der Waals surface area contributed by atoms with Crippen LogP contribution in [0.25, 0.3) is 0 Å². The highest BCUT2D eigenvalue weighted by Gasteiger charge is 2.26. The van der Waals surface area contributed by atoms with Crippen molar-refractivity contribution in [2.45, 2.75) is 31.6 Å². The van der Waals surface area contributed by atoms with E-state index in [1.165, 1.54) is 35.7 Å². The Labute approximate surface area is 100 Å². The summed E-state index contributed by atoms with van der Waals surface area (Å²) in [4.78, 5) is 0. The molecule has 1 aliphatic rings. The maximum Gasteiger partial charge on any atom is 0.0210 e. The fourth-order valence-corrected chi connectivity index (χ4v) is 3.25. The monoisotopic (exact) mass is 267 g/mol. The van der Waals surface area contributed by atoms with Gasteiger partial charge in [0.05, 0.1) is 0 Å². The highest BCUT2D eigenvalue weighted by Crippen LogP contribution is 2.39. The van der Waals surface area contributed by atoms with Crippen molar-refractivity contribution in [1.82, 2.24) is 0 Å². The minimum atomic E-state index is 0.666. The first kappa shape index (κ1) is 11.2. The van der Waals surface area contributed by atoms with Gasteiger partial charge in [0.25, 0.3) is 0 Å². The second-order valence-electron chi connectivity index (χ2n) is 4.41. The van der Waals surface area contributed by atoms with Gasteiger partial charge in [-0.25, -0.2) is 0 Å². The van der Waals surface area contributed by atoms with Gasteiger partial charge < -0.3 is 5.73 Å². The molecule has 1 saturated carbocycles. The number of hydrogen-bond donors (Lipinski definition) is 1. The number of benzene rings is 1. The molecule has 0 amide bonds. The van der Waals surface area contributed by atoms with E-state index in [1.807, 2.05) is 0 Å². The molecule has 0 saturated heterocycles. The average molecular weight is 268 g/mol. The largest absolute Gasteiger partial charge is 0.330 e. The summed E-state index contributed by atoms with van der Waals surface area (Å²) in [5.74, 6) is 1.34. The van der Waals surface area contributed by atoms with Gasteiger partial charge in [0.1, 0.15) is 0 Å². The minimum Gasteiger partial charge on any atom is -0.330 e. The second-order valence-corrected chi connectivity index (χ2v) is 5.26. The van der Waals surface area contributed by atoms with Crippen molar-refractivity contribution >= 4 is 15.9 Å². The Kier molecular flexibility index (Phi) is 3.81. The number of hydrogen-bond acceptors (Lipinski definition) is 1. The fourth-order valence-electron chi connectivity index (χ4n) is 2.68. The lowest BCUT2D eigenvalue weighted by Crippen LogP contribution is -2.25. The van der Waals surface area contributed by atoms with Gasteiger partial charge in [-0.05, 0) is 42.9 Å². The molecule has 0 bridgehead atoms. The molecule has 2 N–H and O–H groups in total. The molecule has 1 fully saturated rings. The summed E-state index contributed by atoms with van der Waals surface area (Å²) >= 11 is 3.65. The molecule has 82 valence electrons. The molecule has 0 radical (unpaired) electrons. The summed E-state index contributed by atoms with van der Waals surface area (Å²) < 4.78 is 1.25. The summed E-state index contributed by atoms with van der Waals surface area (Å²) in [6, 6.07) is 8.58. The van der Waals surface area contributed by atoms with Crippen molar-refractivity contribution in [2.75, 3.05) is 6.54 Å². The fraction of sp³-hybridized carbons (Fsp3) is 0.538. The summed E-state index contributed by atoms with van der Waals surface area (Å²) in [7, 11) is 0.